The summed E-state index contributed by atoms with van der Waals surface area (Å²) >= 11 is 0. The van der Waals surface area contributed by atoms with Crippen LogP contribution < -0.4 is 24.2 Å². The van der Waals surface area contributed by atoms with E-state index in [2.05, 4.69) is 6.07 Å². The molecule has 0 aromatic heterocycles. The molecule has 0 atom stereocenters. The number of benzene rings is 2. The van der Waals surface area contributed by atoms with Gasteiger partial charge in [-0.15, -0.1) is 0 Å². The zero-order chi connectivity index (χ0) is 13.1. The number of rotatable bonds is 3. The summed E-state index contributed by atoms with van der Waals surface area (Å²) in [5.41, 5.74) is 4.39. The van der Waals surface area contributed by atoms with Gasteiger partial charge in [0.15, 0.2) is 0 Å². The molecule has 0 aliphatic heterocycles. The molecule has 0 fully saturated rings. The van der Waals surface area contributed by atoms with Gasteiger partial charge in [-0.05, 0) is 43.0 Å². The minimum atomic E-state index is 0. The van der Waals surface area contributed by atoms with Crippen LogP contribution in [0.15, 0.2) is 42.5 Å². The van der Waals surface area contributed by atoms with Crippen LogP contribution in [-0.2, 0) is 0 Å². The van der Waals surface area contributed by atoms with Crippen molar-refractivity contribution in [3.8, 4) is 0 Å². The van der Waals surface area contributed by atoms with Crippen LogP contribution in [0.4, 0.5) is 0 Å². The fourth-order valence-corrected chi connectivity index (χ4v) is 2.97. The topological polar surface area (TPSA) is 17.1 Å². The molecule has 92 valence electrons. The molecule has 2 aromatic rings. The van der Waals surface area contributed by atoms with E-state index in [1.165, 1.54) is 5.56 Å². The quantitative estimate of drug-likeness (QED) is 0.596. The van der Waals surface area contributed by atoms with Crippen molar-refractivity contribution in [3.05, 3.63) is 64.7 Å². The monoisotopic (exact) mass is 262 g/mol. The maximum Gasteiger partial charge on any atom is 1.00 e. The third-order valence-electron chi connectivity index (χ3n) is 3.14. The Labute approximate surface area is 128 Å². The van der Waals surface area contributed by atoms with E-state index in [0.29, 0.717) is 0 Å². The first-order valence-electron chi connectivity index (χ1n) is 5.97. The average molecular weight is 262 g/mol. The molecule has 2 rings (SSSR count). The van der Waals surface area contributed by atoms with E-state index in [-0.39, 0.29) is 24.4 Å². The molecule has 0 heterocycles. The van der Waals surface area contributed by atoms with Crippen molar-refractivity contribution in [2.45, 2.75) is 20.8 Å². The first-order chi connectivity index (χ1) is 8.59. The standard InChI is InChI=1S/C16H16OP.Li/c1-11-9-10-12(2)15(13(11)3)16(17)18-14-7-5-4-6-8-14;/h4-10H,1-3H3;/q-1;+1. The smallest absolute Gasteiger partial charge is 0.426 e. The minimum absolute atomic E-state index is 0. The summed E-state index contributed by atoms with van der Waals surface area (Å²) in [6, 6.07) is 14.0. The van der Waals surface area contributed by atoms with E-state index in [0.717, 1.165) is 30.6 Å². The van der Waals surface area contributed by atoms with Gasteiger partial charge in [0.05, 0.1) is 0 Å². The van der Waals surface area contributed by atoms with Gasteiger partial charge >= 0.3 is 18.9 Å². The molecule has 0 N–H and O–H groups in total. The molecule has 0 bridgehead atoms. The Hall–Kier alpha value is -0.863. The van der Waals surface area contributed by atoms with Crippen molar-refractivity contribution in [2.24, 2.45) is 0 Å². The van der Waals surface area contributed by atoms with E-state index in [1.54, 1.807) is 0 Å². The second-order valence-electron chi connectivity index (χ2n) is 4.45. The van der Waals surface area contributed by atoms with Crippen LogP contribution in [0.5, 0.6) is 0 Å². The van der Waals surface area contributed by atoms with E-state index in [9.17, 15) is 4.79 Å². The third kappa shape index (κ3) is 3.80. The molecule has 0 spiro atoms. The van der Waals surface area contributed by atoms with Crippen molar-refractivity contribution in [2.75, 3.05) is 0 Å². The molecule has 19 heavy (non-hydrogen) atoms. The first kappa shape index (κ1) is 16.2. The van der Waals surface area contributed by atoms with E-state index in [4.69, 9.17) is 0 Å². The number of carbonyl (C=O) groups excluding carboxylic acids is 1. The molecule has 0 aliphatic carbocycles. The molecular weight excluding hydrogens is 246 g/mol. The molecule has 0 aliphatic rings. The van der Waals surface area contributed by atoms with Crippen LogP contribution >= 0.6 is 8.58 Å². The molecule has 0 amide bonds. The van der Waals surface area contributed by atoms with Gasteiger partial charge in [0.25, 0.3) is 0 Å². The fraction of sp³-hybridized carbons (Fsp3) is 0.188. The summed E-state index contributed by atoms with van der Waals surface area (Å²) in [4.78, 5) is 12.4. The largest absolute Gasteiger partial charge is 1.00 e. The summed E-state index contributed by atoms with van der Waals surface area (Å²) in [6.07, 6.45) is 0. The molecule has 1 nitrogen and oxygen atoms in total. The van der Waals surface area contributed by atoms with Gasteiger partial charge in [0.1, 0.15) is 0 Å². The zero-order valence-electron chi connectivity index (χ0n) is 11.9. The van der Waals surface area contributed by atoms with Gasteiger partial charge in [0.2, 0.25) is 0 Å². The van der Waals surface area contributed by atoms with E-state index >= 15 is 0 Å². The molecule has 0 saturated heterocycles. The summed E-state index contributed by atoms with van der Waals surface area (Å²) in [6.45, 7) is 6.07. The van der Waals surface area contributed by atoms with Crippen molar-refractivity contribution in [1.29, 1.82) is 0 Å². The second-order valence-corrected chi connectivity index (χ2v) is 5.60. The van der Waals surface area contributed by atoms with Crippen molar-refractivity contribution in [3.63, 3.8) is 0 Å². The zero-order valence-corrected chi connectivity index (χ0v) is 12.8. The molecule has 2 aromatic carbocycles. The molecular formula is C16H16LiOP. The van der Waals surface area contributed by atoms with Gasteiger partial charge < -0.3 is 13.4 Å². The molecule has 0 unspecified atom stereocenters. The van der Waals surface area contributed by atoms with Crippen LogP contribution in [0.2, 0.25) is 0 Å². The predicted molar refractivity (Wildman–Crippen MR) is 78.0 cm³/mol. The van der Waals surface area contributed by atoms with Gasteiger partial charge in [-0.1, -0.05) is 42.5 Å². The maximum atomic E-state index is 12.4. The fourth-order valence-electron chi connectivity index (χ4n) is 1.96. The van der Waals surface area contributed by atoms with E-state index in [1.807, 2.05) is 57.2 Å². The van der Waals surface area contributed by atoms with Gasteiger partial charge in [0, 0.05) is 5.52 Å². The Balaban J connectivity index is 0.00000180. The van der Waals surface area contributed by atoms with Crippen LogP contribution in [0.1, 0.15) is 27.0 Å². The number of hydrogen-bond acceptors (Lipinski definition) is 1. The Kier molecular flexibility index (Phi) is 6.02. The van der Waals surface area contributed by atoms with Crippen molar-refractivity contribution in [1.82, 2.24) is 0 Å². The average Bonchev–Trinajstić information content (AvgIpc) is 2.36. The summed E-state index contributed by atoms with van der Waals surface area (Å²) in [5.74, 6) is 0. The predicted octanol–water partition coefficient (Wildman–Crippen LogP) is 1.03. The SMILES string of the molecule is Cc1ccc(C)c(C(=O)[P-]c2ccccc2)c1C.[Li+]. The van der Waals surface area contributed by atoms with Crippen LogP contribution in [-0.4, -0.2) is 5.52 Å². The minimum Gasteiger partial charge on any atom is -0.426 e. The maximum absolute atomic E-state index is 12.4. The Morgan fingerprint density at radius 1 is 0.895 bits per heavy atom. The van der Waals surface area contributed by atoms with Crippen molar-refractivity contribution < 1.29 is 23.7 Å². The number of aryl methyl sites for hydroxylation is 2. The normalized spacial score (nSPS) is 10.5. The second kappa shape index (κ2) is 7.06. The molecule has 0 saturated carbocycles. The van der Waals surface area contributed by atoms with Crippen LogP contribution in [0.25, 0.3) is 0 Å². The van der Waals surface area contributed by atoms with Crippen LogP contribution in [0.3, 0.4) is 0 Å². The Morgan fingerprint density at radius 2 is 1.47 bits per heavy atom. The van der Waals surface area contributed by atoms with Gasteiger partial charge in [-0.3, -0.25) is 0 Å². The molecule has 3 heteroatoms. The van der Waals surface area contributed by atoms with Crippen molar-refractivity contribution >= 4 is 19.4 Å². The summed E-state index contributed by atoms with van der Waals surface area (Å²) < 4.78 is 0. The Bertz CT molecular complexity index is 579. The third-order valence-corrected chi connectivity index (χ3v) is 4.13. The van der Waals surface area contributed by atoms with Gasteiger partial charge in [-0.25, -0.2) is 0 Å². The van der Waals surface area contributed by atoms with E-state index < -0.39 is 0 Å². The summed E-state index contributed by atoms with van der Waals surface area (Å²) in [5, 5.41) is 1.04. The van der Waals surface area contributed by atoms with Crippen LogP contribution in [0, 0.1) is 20.8 Å². The Morgan fingerprint density at radius 3 is 2.11 bits per heavy atom. The molecule has 0 radical (unpaired) electrons. The number of carbonyl (C=O) groups is 1. The first-order valence-corrected chi connectivity index (χ1v) is 6.87. The number of hydrogen-bond donors (Lipinski definition) is 0. The summed E-state index contributed by atoms with van der Waals surface area (Å²) in [7, 11) is 0.750. The van der Waals surface area contributed by atoms with Gasteiger partial charge in [-0.2, -0.15) is 5.30 Å².